The molecule has 3 aromatic carbocycles. The van der Waals surface area contributed by atoms with Gasteiger partial charge < -0.3 is 14.6 Å². The highest BCUT2D eigenvalue weighted by Crippen LogP contribution is 2.31. The van der Waals surface area contributed by atoms with E-state index in [1.807, 2.05) is 12.1 Å². The summed E-state index contributed by atoms with van der Waals surface area (Å²) in [6.07, 6.45) is 1.44. The van der Waals surface area contributed by atoms with Crippen LogP contribution in [0.5, 0.6) is 5.75 Å². The van der Waals surface area contributed by atoms with Crippen molar-refractivity contribution in [3.8, 4) is 5.75 Å². The van der Waals surface area contributed by atoms with Crippen molar-refractivity contribution in [2.75, 3.05) is 0 Å². The molecule has 1 atom stereocenters. The van der Waals surface area contributed by atoms with E-state index in [4.69, 9.17) is 26.2 Å². The molecule has 0 unspecified atom stereocenters. The van der Waals surface area contributed by atoms with Gasteiger partial charge in [0.05, 0.1) is 33.5 Å². The fourth-order valence-electron chi connectivity index (χ4n) is 4.54. The van der Waals surface area contributed by atoms with Gasteiger partial charge in [-0.1, -0.05) is 59.3 Å². The SMILES string of the molecule is CC1=C(C(=O)OC(C)C)[C@@H](c2ccc(Cl)cc2)n2c(s/c(=C/c3ccc(OCc4ccc(C(=O)O)cc4)cc3)c2=O)=N1. The first-order chi connectivity index (χ1) is 20.1. The summed E-state index contributed by atoms with van der Waals surface area (Å²) >= 11 is 7.38. The number of fused-ring (bicyclic) bond motifs is 1. The summed E-state index contributed by atoms with van der Waals surface area (Å²) in [5.74, 6) is -0.869. The average molecular weight is 603 g/mol. The molecule has 0 bridgehead atoms. The first kappa shape index (κ1) is 29.0. The van der Waals surface area contributed by atoms with Gasteiger partial charge in [-0.3, -0.25) is 9.36 Å². The molecule has 1 N–H and O–H groups in total. The third kappa shape index (κ3) is 6.22. The van der Waals surface area contributed by atoms with Crippen molar-refractivity contribution in [3.63, 3.8) is 0 Å². The predicted molar refractivity (Wildman–Crippen MR) is 161 cm³/mol. The number of hydrogen-bond acceptors (Lipinski definition) is 7. The molecule has 0 aliphatic carbocycles. The first-order valence-electron chi connectivity index (χ1n) is 13.1. The lowest BCUT2D eigenvalue weighted by atomic mass is 9.96. The lowest BCUT2D eigenvalue weighted by Crippen LogP contribution is -2.40. The van der Waals surface area contributed by atoms with E-state index in [-0.39, 0.29) is 23.8 Å². The second-order valence-corrected chi connectivity index (χ2v) is 11.4. The van der Waals surface area contributed by atoms with Gasteiger partial charge in [-0.15, -0.1) is 0 Å². The topological polar surface area (TPSA) is 107 Å². The number of halogens is 1. The van der Waals surface area contributed by atoms with Crippen LogP contribution in [-0.4, -0.2) is 27.7 Å². The molecule has 0 saturated carbocycles. The number of ether oxygens (including phenoxy) is 2. The van der Waals surface area contributed by atoms with E-state index in [1.165, 1.54) is 28.0 Å². The number of aromatic nitrogens is 1. The van der Waals surface area contributed by atoms with Crippen LogP contribution < -0.4 is 19.6 Å². The van der Waals surface area contributed by atoms with Crippen LogP contribution in [0.4, 0.5) is 0 Å². The molecular formula is C32H27ClN2O6S. The molecule has 1 aliphatic rings. The van der Waals surface area contributed by atoms with Crippen molar-refractivity contribution in [1.82, 2.24) is 4.57 Å². The Balaban J connectivity index is 1.45. The van der Waals surface area contributed by atoms with Gasteiger partial charge in [-0.2, -0.15) is 0 Å². The summed E-state index contributed by atoms with van der Waals surface area (Å²) in [7, 11) is 0. The summed E-state index contributed by atoms with van der Waals surface area (Å²) in [5, 5.41) is 9.59. The Bertz CT molecular complexity index is 1850. The molecule has 1 aromatic heterocycles. The number of benzene rings is 3. The maximum Gasteiger partial charge on any atom is 0.338 e. The van der Waals surface area contributed by atoms with Crippen LogP contribution in [0.15, 0.2) is 93.9 Å². The van der Waals surface area contributed by atoms with E-state index >= 15 is 0 Å². The van der Waals surface area contributed by atoms with Gasteiger partial charge in [0.25, 0.3) is 5.56 Å². The molecule has 0 spiro atoms. The minimum Gasteiger partial charge on any atom is -0.489 e. The summed E-state index contributed by atoms with van der Waals surface area (Å²) in [6, 6.07) is 20.1. The van der Waals surface area contributed by atoms with Crippen LogP contribution in [0.1, 0.15) is 53.9 Å². The van der Waals surface area contributed by atoms with Crippen molar-refractivity contribution in [2.45, 2.75) is 39.5 Å². The molecule has 0 amide bonds. The van der Waals surface area contributed by atoms with Crippen molar-refractivity contribution in [3.05, 3.63) is 131 Å². The van der Waals surface area contributed by atoms with E-state index < -0.39 is 18.0 Å². The van der Waals surface area contributed by atoms with Crippen LogP contribution in [0.2, 0.25) is 5.02 Å². The number of nitrogens with zero attached hydrogens (tertiary/aromatic N) is 2. The Labute approximate surface area is 250 Å². The Kier molecular flexibility index (Phi) is 8.42. The molecule has 1 aliphatic heterocycles. The number of carbonyl (C=O) groups is 2. The van der Waals surface area contributed by atoms with Crippen molar-refractivity contribution in [1.29, 1.82) is 0 Å². The number of carboxylic acids is 1. The Morgan fingerprint density at radius 3 is 2.33 bits per heavy atom. The third-order valence-corrected chi connectivity index (χ3v) is 7.79. The molecule has 214 valence electrons. The monoisotopic (exact) mass is 602 g/mol. The standard InChI is InChI=1S/C32H27ClN2O6S/c1-18(2)41-31(39)27-19(3)34-32-35(28(27)22-10-12-24(33)13-11-22)29(36)26(42-32)16-20-6-14-25(15-7-20)40-17-21-4-8-23(9-5-21)30(37)38/h4-16,18,28H,17H2,1-3H3,(H,37,38)/b26-16+/t28-/m1/s1. The minimum absolute atomic E-state index is 0.217. The zero-order valence-corrected chi connectivity index (χ0v) is 24.6. The van der Waals surface area contributed by atoms with Crippen LogP contribution >= 0.6 is 22.9 Å². The number of thiazole rings is 1. The van der Waals surface area contributed by atoms with Gasteiger partial charge in [0, 0.05) is 5.02 Å². The van der Waals surface area contributed by atoms with Crippen molar-refractivity contribution >= 4 is 41.0 Å². The number of esters is 1. The van der Waals surface area contributed by atoms with E-state index in [0.717, 1.165) is 16.7 Å². The minimum atomic E-state index is -0.977. The van der Waals surface area contributed by atoms with Crippen LogP contribution in [0.25, 0.3) is 6.08 Å². The third-order valence-electron chi connectivity index (χ3n) is 6.55. The smallest absolute Gasteiger partial charge is 0.338 e. The van der Waals surface area contributed by atoms with Gasteiger partial charge in [0.15, 0.2) is 4.80 Å². The second-order valence-electron chi connectivity index (χ2n) is 9.95. The highest BCUT2D eigenvalue weighted by molar-refractivity contribution is 7.07. The van der Waals surface area contributed by atoms with E-state index in [2.05, 4.69) is 4.99 Å². The molecule has 8 nitrogen and oxygen atoms in total. The second kappa shape index (κ2) is 12.2. The Morgan fingerprint density at radius 2 is 1.71 bits per heavy atom. The predicted octanol–water partition coefficient (Wildman–Crippen LogP) is 5.12. The van der Waals surface area contributed by atoms with E-state index in [0.29, 0.717) is 31.4 Å². The molecule has 10 heteroatoms. The van der Waals surface area contributed by atoms with E-state index in [1.54, 1.807) is 75.4 Å². The number of rotatable bonds is 8. The van der Waals surface area contributed by atoms with Gasteiger partial charge in [0.1, 0.15) is 12.4 Å². The summed E-state index contributed by atoms with van der Waals surface area (Å²) in [4.78, 5) is 43.1. The normalized spacial score (nSPS) is 14.9. The van der Waals surface area contributed by atoms with Crippen LogP contribution in [0.3, 0.4) is 0 Å². The fourth-order valence-corrected chi connectivity index (χ4v) is 5.72. The zero-order chi connectivity index (χ0) is 30.0. The Hall–Kier alpha value is -4.47. The highest BCUT2D eigenvalue weighted by Gasteiger charge is 2.33. The molecule has 0 fully saturated rings. The van der Waals surface area contributed by atoms with Crippen LogP contribution in [0, 0.1) is 0 Å². The maximum atomic E-state index is 13.8. The number of carboxylic acid groups (broad SMARTS) is 1. The number of allylic oxidation sites excluding steroid dienone is 1. The van der Waals surface area contributed by atoms with Crippen LogP contribution in [-0.2, 0) is 16.1 Å². The lowest BCUT2D eigenvalue weighted by Gasteiger charge is -2.25. The summed E-state index contributed by atoms with van der Waals surface area (Å²) in [5.41, 5.74) is 3.10. The van der Waals surface area contributed by atoms with E-state index in [9.17, 15) is 14.4 Å². The Morgan fingerprint density at radius 1 is 1.05 bits per heavy atom. The highest BCUT2D eigenvalue weighted by atomic mass is 35.5. The van der Waals surface area contributed by atoms with Crippen molar-refractivity contribution < 1.29 is 24.2 Å². The average Bonchev–Trinajstić information content (AvgIpc) is 3.26. The summed E-state index contributed by atoms with van der Waals surface area (Å²) < 4.78 is 13.4. The largest absolute Gasteiger partial charge is 0.489 e. The molecule has 4 aromatic rings. The van der Waals surface area contributed by atoms with Gasteiger partial charge in [-0.25, -0.2) is 14.6 Å². The van der Waals surface area contributed by atoms with Crippen molar-refractivity contribution in [2.24, 2.45) is 4.99 Å². The quantitative estimate of drug-likeness (QED) is 0.281. The molecule has 2 heterocycles. The maximum absolute atomic E-state index is 13.8. The molecule has 42 heavy (non-hydrogen) atoms. The lowest BCUT2D eigenvalue weighted by molar-refractivity contribution is -0.143. The summed E-state index contributed by atoms with van der Waals surface area (Å²) in [6.45, 7) is 5.57. The molecule has 0 radical (unpaired) electrons. The number of hydrogen-bond donors (Lipinski definition) is 1. The van der Waals surface area contributed by atoms with Gasteiger partial charge in [-0.05, 0) is 79.9 Å². The van der Waals surface area contributed by atoms with Gasteiger partial charge >= 0.3 is 11.9 Å². The van der Waals surface area contributed by atoms with Gasteiger partial charge in [0.2, 0.25) is 0 Å². The molecule has 5 rings (SSSR count). The number of carbonyl (C=O) groups excluding carboxylic acids is 1. The first-order valence-corrected chi connectivity index (χ1v) is 14.3. The fraction of sp³-hybridized carbons (Fsp3) is 0.188. The molecular weight excluding hydrogens is 576 g/mol. The zero-order valence-electron chi connectivity index (χ0n) is 23.0. The number of aromatic carboxylic acids is 1. The molecule has 0 saturated heterocycles.